The van der Waals surface area contributed by atoms with Crippen molar-refractivity contribution in [3.63, 3.8) is 0 Å². The van der Waals surface area contributed by atoms with E-state index >= 15 is 0 Å². The molecule has 1 atom stereocenters. The average Bonchev–Trinajstić information content (AvgIpc) is 3.30. The Hall–Kier alpha value is -3.60. The fraction of sp³-hybridized carbons (Fsp3) is 0.176. The zero-order chi connectivity index (χ0) is 20.3. The molecule has 11 heteroatoms. The monoisotopic (exact) mass is 401 g/mol. The third kappa shape index (κ3) is 4.20. The SMILES string of the molecule is CC(OC(=O)c1csc(-c2cnn(C)c2)n1)C(=O)Nc1ccccc1[N+](=O)[O-]. The van der Waals surface area contributed by atoms with Gasteiger partial charge in [0.05, 0.1) is 11.1 Å². The first-order valence-corrected chi connectivity index (χ1v) is 8.93. The van der Waals surface area contributed by atoms with Crippen LogP contribution in [-0.2, 0) is 16.6 Å². The number of hydrogen-bond acceptors (Lipinski definition) is 8. The summed E-state index contributed by atoms with van der Waals surface area (Å²) in [6.45, 7) is 1.37. The number of anilines is 1. The van der Waals surface area contributed by atoms with Gasteiger partial charge in [-0.2, -0.15) is 5.10 Å². The summed E-state index contributed by atoms with van der Waals surface area (Å²) in [4.78, 5) is 39.1. The van der Waals surface area contributed by atoms with E-state index in [0.29, 0.717) is 5.01 Å². The number of benzene rings is 1. The number of ether oxygens (including phenoxy) is 1. The number of nitrogens with zero attached hydrogens (tertiary/aromatic N) is 4. The van der Waals surface area contributed by atoms with Crippen LogP contribution >= 0.6 is 11.3 Å². The van der Waals surface area contributed by atoms with Gasteiger partial charge in [0.15, 0.2) is 11.8 Å². The van der Waals surface area contributed by atoms with Crippen molar-refractivity contribution in [1.29, 1.82) is 0 Å². The van der Waals surface area contributed by atoms with Crippen LogP contribution in [0.2, 0.25) is 0 Å². The number of esters is 1. The van der Waals surface area contributed by atoms with Gasteiger partial charge in [0.25, 0.3) is 11.6 Å². The van der Waals surface area contributed by atoms with Gasteiger partial charge in [-0.05, 0) is 13.0 Å². The van der Waals surface area contributed by atoms with Gasteiger partial charge in [-0.15, -0.1) is 11.3 Å². The number of para-hydroxylation sites is 2. The molecule has 0 bridgehead atoms. The molecule has 1 aromatic carbocycles. The lowest BCUT2D eigenvalue weighted by Gasteiger charge is -2.12. The van der Waals surface area contributed by atoms with E-state index in [1.54, 1.807) is 30.2 Å². The highest BCUT2D eigenvalue weighted by Gasteiger charge is 2.23. The minimum Gasteiger partial charge on any atom is -0.448 e. The first-order valence-electron chi connectivity index (χ1n) is 8.05. The molecule has 0 aliphatic rings. The van der Waals surface area contributed by atoms with Crippen LogP contribution < -0.4 is 5.32 Å². The van der Waals surface area contributed by atoms with Gasteiger partial charge < -0.3 is 10.1 Å². The molecular weight excluding hydrogens is 386 g/mol. The quantitative estimate of drug-likeness (QED) is 0.382. The smallest absolute Gasteiger partial charge is 0.358 e. The summed E-state index contributed by atoms with van der Waals surface area (Å²) in [5, 5.41) is 19.6. The van der Waals surface area contributed by atoms with Crippen molar-refractivity contribution >= 4 is 34.6 Å². The zero-order valence-electron chi connectivity index (χ0n) is 14.9. The van der Waals surface area contributed by atoms with E-state index in [1.807, 2.05) is 0 Å². The van der Waals surface area contributed by atoms with Gasteiger partial charge in [0.2, 0.25) is 0 Å². The predicted octanol–water partition coefficient (Wildman–Crippen LogP) is 2.64. The van der Waals surface area contributed by atoms with E-state index in [2.05, 4.69) is 15.4 Å². The highest BCUT2D eigenvalue weighted by atomic mass is 32.1. The van der Waals surface area contributed by atoms with Crippen molar-refractivity contribution < 1.29 is 19.2 Å². The van der Waals surface area contributed by atoms with Crippen molar-refractivity contribution in [2.45, 2.75) is 13.0 Å². The molecule has 0 saturated heterocycles. The number of aromatic nitrogens is 3. The van der Waals surface area contributed by atoms with Crippen LogP contribution in [0.1, 0.15) is 17.4 Å². The summed E-state index contributed by atoms with van der Waals surface area (Å²) in [5.41, 5.74) is 0.589. The van der Waals surface area contributed by atoms with Gasteiger partial charge in [-0.1, -0.05) is 12.1 Å². The molecule has 0 saturated carbocycles. The Bertz CT molecular complexity index is 1040. The first kappa shape index (κ1) is 19.2. The van der Waals surface area contributed by atoms with Gasteiger partial charge >= 0.3 is 5.97 Å². The van der Waals surface area contributed by atoms with E-state index in [0.717, 1.165) is 5.56 Å². The minimum absolute atomic E-state index is 0.0212. The molecule has 1 amide bonds. The third-order valence-corrected chi connectivity index (χ3v) is 4.57. The molecule has 3 rings (SSSR count). The maximum atomic E-state index is 12.2. The summed E-state index contributed by atoms with van der Waals surface area (Å²) in [6, 6.07) is 5.70. The number of carbonyl (C=O) groups excluding carboxylic acids is 2. The molecule has 0 aliphatic carbocycles. The Morgan fingerprint density at radius 3 is 2.79 bits per heavy atom. The summed E-state index contributed by atoms with van der Waals surface area (Å²) < 4.78 is 6.74. The van der Waals surface area contributed by atoms with E-state index < -0.39 is 22.9 Å². The second kappa shape index (κ2) is 7.96. The molecule has 1 N–H and O–H groups in total. The van der Waals surface area contributed by atoms with Crippen LogP contribution in [0.3, 0.4) is 0 Å². The fourth-order valence-corrected chi connectivity index (χ4v) is 3.04. The van der Waals surface area contributed by atoms with Gasteiger partial charge in [-0.3, -0.25) is 19.6 Å². The lowest BCUT2D eigenvalue weighted by molar-refractivity contribution is -0.383. The Morgan fingerprint density at radius 2 is 2.11 bits per heavy atom. The molecule has 2 heterocycles. The van der Waals surface area contributed by atoms with Crippen molar-refractivity contribution in [3.8, 4) is 10.6 Å². The van der Waals surface area contributed by atoms with Crippen molar-refractivity contribution in [2.75, 3.05) is 5.32 Å². The first-order chi connectivity index (χ1) is 13.3. The van der Waals surface area contributed by atoms with Crippen LogP contribution in [0.4, 0.5) is 11.4 Å². The maximum absolute atomic E-state index is 12.2. The number of nitro benzene ring substituents is 1. The Morgan fingerprint density at radius 1 is 1.36 bits per heavy atom. The average molecular weight is 401 g/mol. The predicted molar refractivity (Wildman–Crippen MR) is 101 cm³/mol. The highest BCUT2D eigenvalue weighted by molar-refractivity contribution is 7.13. The normalized spacial score (nSPS) is 11.6. The highest BCUT2D eigenvalue weighted by Crippen LogP contribution is 2.25. The number of nitro groups is 1. The summed E-state index contributed by atoms with van der Waals surface area (Å²) >= 11 is 1.25. The largest absolute Gasteiger partial charge is 0.448 e. The standard InChI is InChI=1S/C17H15N5O5S/c1-10(15(23)19-12-5-3-4-6-14(12)22(25)26)27-17(24)13-9-28-16(20-13)11-7-18-21(2)8-11/h3-10H,1-2H3,(H,19,23). The zero-order valence-corrected chi connectivity index (χ0v) is 15.7. The van der Waals surface area contributed by atoms with E-state index in [9.17, 15) is 19.7 Å². The molecule has 10 nitrogen and oxygen atoms in total. The Kier molecular flexibility index (Phi) is 5.45. The van der Waals surface area contributed by atoms with E-state index in [4.69, 9.17) is 4.74 Å². The van der Waals surface area contributed by atoms with Gasteiger partial charge in [-0.25, -0.2) is 9.78 Å². The molecule has 3 aromatic rings. The Labute approximate surface area is 162 Å². The summed E-state index contributed by atoms with van der Waals surface area (Å²) in [5.74, 6) is -1.46. The lowest BCUT2D eigenvalue weighted by atomic mass is 10.2. The molecule has 0 spiro atoms. The van der Waals surface area contributed by atoms with E-state index in [-0.39, 0.29) is 17.1 Å². The number of thiazole rings is 1. The molecule has 0 aliphatic heterocycles. The number of hydrogen-bond donors (Lipinski definition) is 1. The number of amides is 1. The van der Waals surface area contributed by atoms with Crippen molar-refractivity contribution in [1.82, 2.24) is 14.8 Å². The van der Waals surface area contributed by atoms with Crippen LogP contribution in [0.5, 0.6) is 0 Å². The summed E-state index contributed by atoms with van der Waals surface area (Å²) in [7, 11) is 1.77. The molecule has 1 unspecified atom stereocenters. The van der Waals surface area contributed by atoms with Crippen LogP contribution in [0.15, 0.2) is 42.0 Å². The minimum atomic E-state index is -1.17. The van der Waals surface area contributed by atoms with Crippen molar-refractivity contribution in [2.24, 2.45) is 7.05 Å². The number of aryl methyl sites for hydroxylation is 1. The van der Waals surface area contributed by atoms with Crippen molar-refractivity contribution in [3.05, 3.63) is 57.8 Å². The number of nitrogens with one attached hydrogen (secondary N) is 1. The number of carbonyl (C=O) groups is 2. The van der Waals surface area contributed by atoms with E-state index in [1.165, 1.54) is 41.8 Å². The van der Waals surface area contributed by atoms with Crippen LogP contribution in [0.25, 0.3) is 10.6 Å². The third-order valence-electron chi connectivity index (χ3n) is 3.68. The molecule has 0 radical (unpaired) electrons. The van der Waals surface area contributed by atoms with Crippen LogP contribution in [0, 0.1) is 10.1 Å². The fourth-order valence-electron chi connectivity index (χ4n) is 2.28. The van der Waals surface area contributed by atoms with Gasteiger partial charge in [0.1, 0.15) is 10.7 Å². The maximum Gasteiger partial charge on any atom is 0.358 e. The molecule has 0 fully saturated rings. The Balaban J connectivity index is 1.65. The second-order valence-corrected chi connectivity index (χ2v) is 6.61. The molecule has 2 aromatic heterocycles. The number of rotatable bonds is 6. The second-order valence-electron chi connectivity index (χ2n) is 5.75. The molecular formula is C17H15N5O5S. The topological polar surface area (TPSA) is 129 Å². The lowest BCUT2D eigenvalue weighted by Crippen LogP contribution is -2.30. The summed E-state index contributed by atoms with van der Waals surface area (Å²) in [6.07, 6.45) is 2.21. The van der Waals surface area contributed by atoms with Gasteiger partial charge in [0, 0.05) is 30.3 Å². The van der Waals surface area contributed by atoms with Crippen LogP contribution in [-0.4, -0.2) is 37.7 Å². The molecule has 28 heavy (non-hydrogen) atoms. The molecule has 144 valence electrons.